The molecule has 1 aliphatic heterocycles. The lowest BCUT2D eigenvalue weighted by Gasteiger charge is -2.24. The number of halogens is 3. The number of rotatable bonds is 15. The second kappa shape index (κ2) is 18.6. The van der Waals surface area contributed by atoms with Crippen LogP contribution in [0.5, 0.6) is 5.75 Å². The fourth-order valence-corrected chi connectivity index (χ4v) is 4.74. The first-order chi connectivity index (χ1) is 24.8. The quantitative estimate of drug-likeness (QED) is 0.145. The van der Waals surface area contributed by atoms with Crippen LogP contribution in [0.1, 0.15) is 49.5 Å². The third-order valence-corrected chi connectivity index (χ3v) is 7.49. The highest BCUT2D eigenvalue weighted by molar-refractivity contribution is 6.04. The monoisotopic (exact) mass is 729 g/mol. The minimum atomic E-state index is -5.08. The number of aliphatic carboxylic acids is 1. The van der Waals surface area contributed by atoms with Gasteiger partial charge in [0.25, 0.3) is 23.6 Å². The van der Waals surface area contributed by atoms with Crippen molar-refractivity contribution in [3.05, 3.63) is 89.0 Å². The van der Waals surface area contributed by atoms with E-state index < -0.39 is 12.1 Å². The Morgan fingerprint density at radius 3 is 2.10 bits per heavy atom. The molecule has 3 aromatic rings. The van der Waals surface area contributed by atoms with E-state index in [1.807, 2.05) is 17.0 Å². The molecular formula is C35H38F3N5O9. The van der Waals surface area contributed by atoms with Gasteiger partial charge in [0, 0.05) is 48.1 Å². The van der Waals surface area contributed by atoms with Crippen LogP contribution in [0.25, 0.3) is 0 Å². The van der Waals surface area contributed by atoms with Gasteiger partial charge in [-0.15, -0.1) is 0 Å². The van der Waals surface area contributed by atoms with Crippen LogP contribution in [0.4, 0.5) is 24.5 Å². The number of alkyl halides is 3. The molecule has 0 saturated heterocycles. The number of nitrogens with two attached hydrogens (primary N) is 1. The van der Waals surface area contributed by atoms with Gasteiger partial charge in [-0.1, -0.05) is 12.1 Å². The summed E-state index contributed by atoms with van der Waals surface area (Å²) in [4.78, 5) is 61.0. The topological polar surface area (TPSA) is 199 Å². The summed E-state index contributed by atoms with van der Waals surface area (Å²) in [6.45, 7) is 2.90. The van der Waals surface area contributed by atoms with Crippen LogP contribution in [-0.4, -0.2) is 97.9 Å². The average Bonchev–Trinajstić information content (AvgIpc) is 3.97. The summed E-state index contributed by atoms with van der Waals surface area (Å²) in [6.07, 6.45) is -3.21. The molecule has 2 aliphatic rings. The highest BCUT2D eigenvalue weighted by Gasteiger charge is 2.38. The zero-order valence-corrected chi connectivity index (χ0v) is 27.9. The highest BCUT2D eigenvalue weighted by Crippen LogP contribution is 2.33. The molecule has 1 fully saturated rings. The van der Waals surface area contributed by atoms with Gasteiger partial charge < -0.3 is 45.9 Å². The molecular weight excluding hydrogens is 691 g/mol. The summed E-state index contributed by atoms with van der Waals surface area (Å²) < 4.78 is 47.8. The Morgan fingerprint density at radius 1 is 0.885 bits per heavy atom. The molecule has 4 amide bonds. The number of ether oxygens (including phenoxy) is 3. The second-order valence-corrected chi connectivity index (χ2v) is 11.5. The van der Waals surface area contributed by atoms with Crippen LogP contribution in [-0.2, 0) is 25.6 Å². The first-order valence-electron chi connectivity index (χ1n) is 16.2. The number of nitrogens with zero attached hydrogens (tertiary/aromatic N) is 1. The van der Waals surface area contributed by atoms with Gasteiger partial charge in [0.1, 0.15) is 5.75 Å². The number of anilines is 2. The Bertz CT molecular complexity index is 1720. The van der Waals surface area contributed by atoms with Crippen LogP contribution < -0.4 is 26.4 Å². The van der Waals surface area contributed by atoms with Crippen molar-refractivity contribution in [1.29, 1.82) is 0 Å². The first kappa shape index (κ1) is 39.3. The summed E-state index contributed by atoms with van der Waals surface area (Å²) >= 11 is 0. The van der Waals surface area contributed by atoms with E-state index in [2.05, 4.69) is 16.0 Å². The Kier molecular flexibility index (Phi) is 14.1. The minimum Gasteiger partial charge on any atom is -0.482 e. The maximum Gasteiger partial charge on any atom is 0.490 e. The van der Waals surface area contributed by atoms with Gasteiger partial charge in [-0.2, -0.15) is 13.2 Å². The van der Waals surface area contributed by atoms with Crippen LogP contribution in [0.15, 0.2) is 66.7 Å². The van der Waals surface area contributed by atoms with Crippen molar-refractivity contribution in [2.45, 2.75) is 31.6 Å². The number of benzene rings is 3. The number of hydrogen-bond acceptors (Lipinski definition) is 9. The molecule has 6 N–H and O–H groups in total. The first-order valence-corrected chi connectivity index (χ1v) is 16.2. The van der Waals surface area contributed by atoms with E-state index in [4.69, 9.17) is 29.8 Å². The van der Waals surface area contributed by atoms with Gasteiger partial charge in [0.2, 0.25) is 0 Å². The molecule has 1 heterocycles. The predicted octanol–water partition coefficient (Wildman–Crippen LogP) is 3.43. The fraction of sp³-hybridized carbons (Fsp3) is 0.343. The van der Waals surface area contributed by atoms with Crippen LogP contribution in [0.3, 0.4) is 0 Å². The molecule has 0 radical (unpaired) electrons. The average molecular weight is 730 g/mol. The molecule has 1 saturated carbocycles. The van der Waals surface area contributed by atoms with Gasteiger partial charge in [-0.3, -0.25) is 19.2 Å². The third-order valence-electron chi connectivity index (χ3n) is 7.49. The van der Waals surface area contributed by atoms with E-state index in [0.29, 0.717) is 79.9 Å². The van der Waals surface area contributed by atoms with Crippen molar-refractivity contribution < 1.29 is 56.5 Å². The SMILES string of the molecule is NCCOCCOCCNC(=O)c1ccc(NC(=O)c2ccc(CN(C(=O)c3ccc4c(c3)OCC(=O)N4)C3CC3)cc2)cc1.O=C(O)C(F)(F)F. The molecule has 17 heteroatoms. The van der Waals surface area contributed by atoms with Crippen LogP contribution in [0.2, 0.25) is 0 Å². The molecule has 0 bridgehead atoms. The van der Waals surface area contributed by atoms with Crippen LogP contribution >= 0.6 is 0 Å². The predicted molar refractivity (Wildman–Crippen MR) is 181 cm³/mol. The molecule has 5 rings (SSSR count). The van der Waals surface area contributed by atoms with E-state index in [9.17, 15) is 32.3 Å². The van der Waals surface area contributed by atoms with E-state index in [0.717, 1.165) is 18.4 Å². The summed E-state index contributed by atoms with van der Waals surface area (Å²) in [7, 11) is 0. The van der Waals surface area contributed by atoms with Crippen LogP contribution in [0, 0.1) is 0 Å². The minimum absolute atomic E-state index is 0.0798. The zero-order chi connectivity index (χ0) is 37.7. The van der Waals surface area contributed by atoms with E-state index in [1.165, 1.54) is 0 Å². The van der Waals surface area contributed by atoms with E-state index >= 15 is 0 Å². The second-order valence-electron chi connectivity index (χ2n) is 11.5. The molecule has 3 aromatic carbocycles. The van der Waals surface area contributed by atoms with Crippen molar-refractivity contribution in [3.63, 3.8) is 0 Å². The molecule has 278 valence electrons. The third kappa shape index (κ3) is 12.1. The Hall–Kier alpha value is -5.52. The maximum absolute atomic E-state index is 13.4. The standard InChI is InChI=1S/C33H37N5O7.C2HF3O2/c34-13-15-43-17-18-44-16-14-35-31(40)23-5-8-26(9-6-23)36-32(41)24-3-1-22(2-4-24)20-38(27-10-11-27)33(42)25-7-12-28-29(19-25)45-21-30(39)37-28;3-2(4,5)1(6)7/h1-9,12,19,27H,10-11,13-18,20-21,34H2,(H,35,40)(H,36,41)(H,37,39);(H,6,7). The van der Waals surface area contributed by atoms with Crippen molar-refractivity contribution in [2.75, 3.05) is 56.8 Å². The van der Waals surface area contributed by atoms with Crippen molar-refractivity contribution in [1.82, 2.24) is 10.2 Å². The molecule has 52 heavy (non-hydrogen) atoms. The normalized spacial score (nSPS) is 13.3. The molecule has 0 atom stereocenters. The van der Waals surface area contributed by atoms with Gasteiger partial charge in [-0.05, 0) is 73.0 Å². The van der Waals surface area contributed by atoms with Gasteiger partial charge >= 0.3 is 12.1 Å². The highest BCUT2D eigenvalue weighted by atomic mass is 19.4. The van der Waals surface area contributed by atoms with Crippen molar-refractivity contribution >= 4 is 41.0 Å². The Morgan fingerprint density at radius 2 is 1.48 bits per heavy atom. The number of amides is 4. The summed E-state index contributed by atoms with van der Waals surface area (Å²) in [6, 6.07) is 19.0. The van der Waals surface area contributed by atoms with Gasteiger partial charge in [-0.25, -0.2) is 4.79 Å². The number of hydrogen-bond donors (Lipinski definition) is 5. The summed E-state index contributed by atoms with van der Waals surface area (Å²) in [5.74, 6) is -3.15. The van der Waals surface area contributed by atoms with E-state index in [-0.39, 0.29) is 36.3 Å². The number of nitrogens with one attached hydrogen (secondary N) is 3. The lowest BCUT2D eigenvalue weighted by Crippen LogP contribution is -2.33. The number of carboxylic acids is 1. The number of carbonyl (C=O) groups excluding carboxylic acids is 4. The summed E-state index contributed by atoms with van der Waals surface area (Å²) in [5.41, 5.74) is 8.78. The lowest BCUT2D eigenvalue weighted by molar-refractivity contribution is -0.192. The maximum atomic E-state index is 13.4. The van der Waals surface area contributed by atoms with Crippen molar-refractivity contribution in [2.24, 2.45) is 5.73 Å². The lowest BCUT2D eigenvalue weighted by atomic mass is 10.1. The Balaban J connectivity index is 0.000000785. The van der Waals surface area contributed by atoms with Gasteiger partial charge in [0.15, 0.2) is 6.61 Å². The Labute approximate surface area is 296 Å². The molecule has 0 spiro atoms. The fourth-order valence-electron chi connectivity index (χ4n) is 4.74. The van der Waals surface area contributed by atoms with Crippen molar-refractivity contribution in [3.8, 4) is 5.75 Å². The largest absolute Gasteiger partial charge is 0.490 e. The molecule has 14 nitrogen and oxygen atoms in total. The number of carbonyl (C=O) groups is 5. The molecule has 0 unspecified atom stereocenters. The summed E-state index contributed by atoms with van der Waals surface area (Å²) in [5, 5.41) is 15.5. The molecule has 1 aliphatic carbocycles. The zero-order valence-electron chi connectivity index (χ0n) is 27.9. The smallest absolute Gasteiger partial charge is 0.482 e. The van der Waals surface area contributed by atoms with E-state index in [1.54, 1.807) is 54.6 Å². The number of fused-ring (bicyclic) bond motifs is 1. The molecule has 0 aromatic heterocycles. The number of carboxylic acid groups (broad SMARTS) is 1. The van der Waals surface area contributed by atoms with Gasteiger partial charge in [0.05, 0.1) is 32.1 Å².